The topological polar surface area (TPSA) is 76.7 Å². The minimum absolute atomic E-state index is 0.0503. The second kappa shape index (κ2) is 6.29. The Balaban J connectivity index is 1.67. The van der Waals surface area contributed by atoms with Crippen molar-refractivity contribution in [3.63, 3.8) is 0 Å². The first-order chi connectivity index (χ1) is 11.0. The molecule has 6 nitrogen and oxygen atoms in total. The summed E-state index contributed by atoms with van der Waals surface area (Å²) < 4.78 is 5.71. The van der Waals surface area contributed by atoms with E-state index in [4.69, 9.17) is 4.42 Å². The van der Waals surface area contributed by atoms with Crippen LogP contribution in [0.25, 0.3) is 12.2 Å². The van der Waals surface area contributed by atoms with Gasteiger partial charge in [-0.2, -0.15) is 0 Å². The number of rotatable bonds is 4. The highest BCUT2D eigenvalue weighted by Crippen LogP contribution is 2.23. The number of hydrogen-bond donors (Lipinski definition) is 1. The smallest absolute Gasteiger partial charge is 0.228 e. The molecule has 7 heteroatoms. The zero-order valence-corrected chi connectivity index (χ0v) is 14.0. The summed E-state index contributed by atoms with van der Waals surface area (Å²) in [6.07, 6.45) is 10.6. The van der Waals surface area contributed by atoms with E-state index in [1.165, 1.54) is 11.3 Å². The second-order valence-electron chi connectivity index (χ2n) is 5.95. The van der Waals surface area contributed by atoms with E-state index in [1.807, 2.05) is 17.5 Å². The van der Waals surface area contributed by atoms with Gasteiger partial charge in [-0.05, 0) is 6.08 Å². The van der Waals surface area contributed by atoms with Gasteiger partial charge >= 0.3 is 0 Å². The van der Waals surface area contributed by atoms with E-state index in [0.29, 0.717) is 11.8 Å². The van der Waals surface area contributed by atoms with Crippen LogP contribution in [-0.4, -0.2) is 19.9 Å². The van der Waals surface area contributed by atoms with Gasteiger partial charge in [0.25, 0.3) is 0 Å². The van der Waals surface area contributed by atoms with Crippen molar-refractivity contribution < 1.29 is 4.42 Å². The fourth-order valence-corrected chi connectivity index (χ4v) is 2.27. The van der Waals surface area contributed by atoms with Crippen LogP contribution in [0, 0.1) is 0 Å². The van der Waals surface area contributed by atoms with Crippen LogP contribution in [0.2, 0.25) is 0 Å². The molecular weight excluding hydrogens is 310 g/mol. The maximum absolute atomic E-state index is 5.71. The average Bonchev–Trinajstić information content (AvgIpc) is 3.17. The Kier molecular flexibility index (Phi) is 4.20. The Morgan fingerprint density at radius 3 is 2.43 bits per heavy atom. The summed E-state index contributed by atoms with van der Waals surface area (Å²) >= 11 is 1.50. The first kappa shape index (κ1) is 15.4. The fourth-order valence-electron chi connectivity index (χ4n) is 1.75. The Morgan fingerprint density at radius 2 is 1.83 bits per heavy atom. The summed E-state index contributed by atoms with van der Waals surface area (Å²) in [4.78, 5) is 16.9. The van der Waals surface area contributed by atoms with Gasteiger partial charge < -0.3 is 9.73 Å². The highest BCUT2D eigenvalue weighted by Gasteiger charge is 2.18. The summed E-state index contributed by atoms with van der Waals surface area (Å²) in [5, 5.41) is 5.69. The molecule has 0 aromatic carbocycles. The van der Waals surface area contributed by atoms with Gasteiger partial charge in [-0.3, -0.25) is 0 Å². The lowest BCUT2D eigenvalue weighted by molar-refractivity contribution is 0.403. The maximum atomic E-state index is 5.71. The van der Waals surface area contributed by atoms with Crippen LogP contribution in [-0.2, 0) is 5.41 Å². The van der Waals surface area contributed by atoms with Gasteiger partial charge in [0.15, 0.2) is 5.13 Å². The molecule has 0 amide bonds. The van der Waals surface area contributed by atoms with Crippen LogP contribution in [0.15, 0.2) is 34.6 Å². The van der Waals surface area contributed by atoms with E-state index < -0.39 is 0 Å². The van der Waals surface area contributed by atoms with Crippen LogP contribution in [0.5, 0.6) is 0 Å². The first-order valence-electron chi connectivity index (χ1n) is 7.14. The van der Waals surface area contributed by atoms with Gasteiger partial charge in [0, 0.05) is 41.0 Å². The van der Waals surface area contributed by atoms with Gasteiger partial charge in [0.1, 0.15) is 5.76 Å². The number of oxazole rings is 1. The molecule has 118 valence electrons. The lowest BCUT2D eigenvalue weighted by Crippen LogP contribution is -2.09. The number of thiazole rings is 1. The van der Waals surface area contributed by atoms with E-state index in [-0.39, 0.29) is 5.41 Å². The lowest BCUT2D eigenvalue weighted by Gasteiger charge is -2.12. The molecule has 0 aliphatic carbocycles. The van der Waals surface area contributed by atoms with Crippen molar-refractivity contribution in [3.05, 3.63) is 47.4 Å². The molecule has 23 heavy (non-hydrogen) atoms. The van der Waals surface area contributed by atoms with Crippen LogP contribution in [0.3, 0.4) is 0 Å². The standard InChI is InChI=1S/C16H17N5OS/c1-16(2,3)12-10-18-13(22-12)5-4-11-8-19-14(20-9-11)21-15-17-6-7-23-15/h4-10H,1-3H3,(H,17,19,20,21)/b5-4+. The van der Waals surface area contributed by atoms with E-state index in [0.717, 1.165) is 16.5 Å². The third-order valence-corrected chi connectivity index (χ3v) is 3.69. The molecule has 3 aromatic rings. The van der Waals surface area contributed by atoms with Crippen LogP contribution >= 0.6 is 11.3 Å². The van der Waals surface area contributed by atoms with Crippen LogP contribution in [0.1, 0.15) is 38.0 Å². The predicted octanol–water partition coefficient (Wildman–Crippen LogP) is 4.13. The average molecular weight is 327 g/mol. The summed E-state index contributed by atoms with van der Waals surface area (Å²) in [7, 11) is 0. The van der Waals surface area contributed by atoms with Crippen molar-refractivity contribution in [1.82, 2.24) is 19.9 Å². The molecule has 0 atom stereocenters. The van der Waals surface area contributed by atoms with Crippen LogP contribution < -0.4 is 5.32 Å². The first-order valence-corrected chi connectivity index (χ1v) is 8.01. The molecule has 3 aromatic heterocycles. The third-order valence-electron chi connectivity index (χ3n) is 3.00. The third kappa shape index (κ3) is 4.01. The SMILES string of the molecule is CC(C)(C)c1cnc(/C=C/c2cnc(Nc3nccs3)nc2)o1. The van der Waals surface area contributed by atoms with Gasteiger partial charge in [-0.15, -0.1) is 11.3 Å². The molecule has 0 aliphatic heterocycles. The molecule has 0 radical (unpaired) electrons. The van der Waals surface area contributed by atoms with E-state index >= 15 is 0 Å². The van der Waals surface area contributed by atoms with Crippen molar-refractivity contribution in [1.29, 1.82) is 0 Å². The van der Waals surface area contributed by atoms with Crippen molar-refractivity contribution in [2.45, 2.75) is 26.2 Å². The predicted molar refractivity (Wildman–Crippen MR) is 91.6 cm³/mol. The Morgan fingerprint density at radius 1 is 1.04 bits per heavy atom. The summed E-state index contributed by atoms with van der Waals surface area (Å²) in [5.74, 6) is 1.94. The minimum atomic E-state index is -0.0503. The molecule has 3 rings (SSSR count). The lowest BCUT2D eigenvalue weighted by atomic mass is 9.94. The van der Waals surface area contributed by atoms with Crippen molar-refractivity contribution in [3.8, 4) is 0 Å². The van der Waals surface area contributed by atoms with Crippen molar-refractivity contribution >= 4 is 34.6 Å². The normalized spacial score (nSPS) is 12.0. The Hall–Kier alpha value is -2.54. The quantitative estimate of drug-likeness (QED) is 0.776. The second-order valence-corrected chi connectivity index (χ2v) is 6.84. The summed E-state index contributed by atoms with van der Waals surface area (Å²) in [6.45, 7) is 6.26. The van der Waals surface area contributed by atoms with Gasteiger partial charge in [-0.1, -0.05) is 20.8 Å². The molecule has 0 aliphatic rings. The van der Waals surface area contributed by atoms with Gasteiger partial charge in [0.2, 0.25) is 11.8 Å². The van der Waals surface area contributed by atoms with Gasteiger partial charge in [-0.25, -0.2) is 19.9 Å². The molecule has 0 unspecified atom stereocenters. The van der Waals surface area contributed by atoms with E-state index in [1.54, 1.807) is 24.8 Å². The number of nitrogens with zero attached hydrogens (tertiary/aromatic N) is 4. The molecular formula is C16H17N5OS. The minimum Gasteiger partial charge on any atom is -0.441 e. The number of anilines is 2. The Labute approximate surface area is 138 Å². The summed E-state index contributed by atoms with van der Waals surface area (Å²) in [6, 6.07) is 0. The fraction of sp³-hybridized carbons (Fsp3) is 0.250. The molecule has 0 saturated carbocycles. The van der Waals surface area contributed by atoms with Gasteiger partial charge in [0.05, 0.1) is 6.20 Å². The van der Waals surface area contributed by atoms with Crippen LogP contribution in [0.4, 0.5) is 11.1 Å². The van der Waals surface area contributed by atoms with Crippen molar-refractivity contribution in [2.75, 3.05) is 5.32 Å². The van der Waals surface area contributed by atoms with Crippen molar-refractivity contribution in [2.24, 2.45) is 0 Å². The zero-order chi connectivity index (χ0) is 16.3. The Bertz CT molecular complexity index is 785. The largest absolute Gasteiger partial charge is 0.441 e. The molecule has 0 fully saturated rings. The van der Waals surface area contributed by atoms with E-state index in [2.05, 4.69) is 46.0 Å². The highest BCUT2D eigenvalue weighted by molar-refractivity contribution is 7.13. The molecule has 0 spiro atoms. The zero-order valence-electron chi connectivity index (χ0n) is 13.1. The summed E-state index contributed by atoms with van der Waals surface area (Å²) in [5.41, 5.74) is 0.816. The maximum Gasteiger partial charge on any atom is 0.228 e. The molecule has 1 N–H and O–H groups in total. The number of hydrogen-bond acceptors (Lipinski definition) is 7. The molecule has 3 heterocycles. The number of nitrogens with one attached hydrogen (secondary N) is 1. The molecule has 0 saturated heterocycles. The monoisotopic (exact) mass is 327 g/mol. The molecule has 0 bridgehead atoms. The van der Waals surface area contributed by atoms with E-state index in [9.17, 15) is 0 Å². The highest BCUT2D eigenvalue weighted by atomic mass is 32.1. The number of aromatic nitrogens is 4.